The molecular weight excluding hydrogens is 342 g/mol. The first kappa shape index (κ1) is 19.8. The van der Waals surface area contributed by atoms with Crippen LogP contribution in [0.5, 0.6) is 0 Å². The molecule has 1 saturated heterocycles. The molecule has 0 spiro atoms. The van der Waals surface area contributed by atoms with E-state index in [1.165, 1.54) is 16.6 Å². The SMILES string of the molecule is CC[C@H](C)CC(=O)NC1CCCN(S(=O)(=O)c2ccccn2)CC1O. The van der Waals surface area contributed by atoms with Gasteiger partial charge in [0.15, 0.2) is 5.03 Å². The lowest BCUT2D eigenvalue weighted by atomic mass is 10.0. The molecule has 2 rings (SSSR count). The molecule has 7 nitrogen and oxygen atoms in total. The molecular formula is C17H27N3O4S. The number of aliphatic hydroxyl groups excluding tert-OH is 1. The van der Waals surface area contributed by atoms with E-state index in [0.29, 0.717) is 25.8 Å². The van der Waals surface area contributed by atoms with E-state index in [1.54, 1.807) is 12.1 Å². The molecule has 2 unspecified atom stereocenters. The quantitative estimate of drug-likeness (QED) is 0.783. The standard InChI is InChI=1S/C17H27N3O4S/c1-3-13(2)11-16(22)19-14-7-6-10-20(12-15(14)21)25(23,24)17-8-4-5-9-18-17/h4-5,8-9,13-15,21H,3,6-7,10-12H2,1-2H3,(H,19,22)/t13-,14?,15?/m0/s1. The molecule has 0 aliphatic carbocycles. The maximum atomic E-state index is 12.7. The highest BCUT2D eigenvalue weighted by Gasteiger charge is 2.33. The number of aliphatic hydroxyl groups is 1. The van der Waals surface area contributed by atoms with E-state index in [1.807, 2.05) is 13.8 Å². The van der Waals surface area contributed by atoms with E-state index in [4.69, 9.17) is 0 Å². The minimum absolute atomic E-state index is 0.0264. The predicted octanol–water partition coefficient (Wildman–Crippen LogP) is 1.15. The van der Waals surface area contributed by atoms with Gasteiger partial charge in [-0.2, -0.15) is 4.31 Å². The third-order valence-corrected chi connectivity index (χ3v) is 6.38. The van der Waals surface area contributed by atoms with Gasteiger partial charge >= 0.3 is 0 Å². The molecule has 2 heterocycles. The summed E-state index contributed by atoms with van der Waals surface area (Å²) in [5.74, 6) is 0.184. The molecule has 1 aliphatic heterocycles. The highest BCUT2D eigenvalue weighted by molar-refractivity contribution is 7.89. The van der Waals surface area contributed by atoms with Gasteiger partial charge in [-0.15, -0.1) is 0 Å². The van der Waals surface area contributed by atoms with Crippen LogP contribution in [0.3, 0.4) is 0 Å². The van der Waals surface area contributed by atoms with Gasteiger partial charge in [0.05, 0.1) is 12.1 Å². The molecule has 2 N–H and O–H groups in total. The van der Waals surface area contributed by atoms with Crippen LogP contribution in [0.4, 0.5) is 0 Å². The maximum Gasteiger partial charge on any atom is 0.260 e. The van der Waals surface area contributed by atoms with Gasteiger partial charge in [-0.05, 0) is 30.9 Å². The normalized spacial score (nSPS) is 23.6. The number of rotatable bonds is 6. The Kier molecular flexibility index (Phi) is 6.92. The zero-order chi connectivity index (χ0) is 18.4. The molecule has 1 aromatic rings. The van der Waals surface area contributed by atoms with Gasteiger partial charge in [-0.1, -0.05) is 26.3 Å². The number of sulfonamides is 1. The molecule has 1 aliphatic rings. The fraction of sp³-hybridized carbons (Fsp3) is 0.647. The molecule has 25 heavy (non-hydrogen) atoms. The van der Waals surface area contributed by atoms with E-state index in [9.17, 15) is 18.3 Å². The lowest BCUT2D eigenvalue weighted by Gasteiger charge is -2.25. The summed E-state index contributed by atoms with van der Waals surface area (Å²) in [6.07, 6.45) is 2.92. The number of amides is 1. The molecule has 1 fully saturated rings. The smallest absolute Gasteiger partial charge is 0.260 e. The average Bonchev–Trinajstić information content (AvgIpc) is 2.78. The summed E-state index contributed by atoms with van der Waals surface area (Å²) in [5.41, 5.74) is 0. The van der Waals surface area contributed by atoms with Crippen LogP contribution in [0.1, 0.15) is 39.5 Å². The van der Waals surface area contributed by atoms with Gasteiger partial charge in [0.2, 0.25) is 5.91 Å². The molecule has 1 aromatic heterocycles. The molecule has 0 bridgehead atoms. The van der Waals surface area contributed by atoms with Gasteiger partial charge in [0, 0.05) is 25.7 Å². The highest BCUT2D eigenvalue weighted by Crippen LogP contribution is 2.19. The van der Waals surface area contributed by atoms with Crippen LogP contribution in [-0.4, -0.2) is 54.0 Å². The summed E-state index contributed by atoms with van der Waals surface area (Å²) >= 11 is 0. The number of nitrogens with zero attached hydrogens (tertiary/aromatic N) is 2. The monoisotopic (exact) mass is 369 g/mol. The Morgan fingerprint density at radius 3 is 2.88 bits per heavy atom. The van der Waals surface area contributed by atoms with Crippen molar-refractivity contribution in [2.45, 2.75) is 56.7 Å². The summed E-state index contributed by atoms with van der Waals surface area (Å²) in [6, 6.07) is 4.28. The fourth-order valence-electron chi connectivity index (χ4n) is 2.85. The number of pyridine rings is 1. The molecule has 0 aromatic carbocycles. The minimum atomic E-state index is -3.74. The van der Waals surface area contributed by atoms with Crippen molar-refractivity contribution in [1.82, 2.24) is 14.6 Å². The third kappa shape index (κ3) is 5.23. The Balaban J connectivity index is 2.03. The number of β-amino-alcohol motifs (C(OH)–C–C–N with tert-alkyl or cyclic N) is 1. The molecule has 1 amide bonds. The van der Waals surface area contributed by atoms with Crippen LogP contribution in [0, 0.1) is 5.92 Å². The molecule has 0 radical (unpaired) electrons. The summed E-state index contributed by atoms with van der Waals surface area (Å²) in [4.78, 5) is 16.0. The Hall–Kier alpha value is -1.51. The Labute approximate surface area is 149 Å². The Morgan fingerprint density at radius 2 is 2.24 bits per heavy atom. The van der Waals surface area contributed by atoms with Gasteiger partial charge < -0.3 is 10.4 Å². The zero-order valence-corrected chi connectivity index (χ0v) is 15.6. The van der Waals surface area contributed by atoms with Gasteiger partial charge in [0.25, 0.3) is 10.0 Å². The lowest BCUT2D eigenvalue weighted by molar-refractivity contribution is -0.123. The second-order valence-corrected chi connectivity index (χ2v) is 8.52. The average molecular weight is 369 g/mol. The van der Waals surface area contributed by atoms with Crippen molar-refractivity contribution in [1.29, 1.82) is 0 Å². The molecule has 0 saturated carbocycles. The Bertz CT molecular complexity index is 666. The van der Waals surface area contributed by atoms with E-state index in [2.05, 4.69) is 10.3 Å². The molecule has 8 heteroatoms. The number of aromatic nitrogens is 1. The topological polar surface area (TPSA) is 99.6 Å². The highest BCUT2D eigenvalue weighted by atomic mass is 32.2. The van der Waals surface area contributed by atoms with E-state index < -0.39 is 22.2 Å². The van der Waals surface area contributed by atoms with Crippen LogP contribution in [0.15, 0.2) is 29.4 Å². The van der Waals surface area contributed by atoms with Gasteiger partial charge in [-0.3, -0.25) is 4.79 Å². The van der Waals surface area contributed by atoms with E-state index in [0.717, 1.165) is 6.42 Å². The summed E-state index contributed by atoms with van der Waals surface area (Å²) in [5, 5.41) is 13.3. The zero-order valence-electron chi connectivity index (χ0n) is 14.8. The number of nitrogens with one attached hydrogen (secondary N) is 1. The van der Waals surface area contributed by atoms with Crippen molar-refractivity contribution in [2.24, 2.45) is 5.92 Å². The van der Waals surface area contributed by atoms with Gasteiger partial charge in [0.1, 0.15) is 0 Å². The lowest BCUT2D eigenvalue weighted by Crippen LogP contribution is -2.47. The van der Waals surface area contributed by atoms with Crippen molar-refractivity contribution in [3.05, 3.63) is 24.4 Å². The van der Waals surface area contributed by atoms with Crippen molar-refractivity contribution in [3.8, 4) is 0 Å². The van der Waals surface area contributed by atoms with Crippen LogP contribution in [0.25, 0.3) is 0 Å². The van der Waals surface area contributed by atoms with E-state index in [-0.39, 0.29) is 23.4 Å². The van der Waals surface area contributed by atoms with Crippen LogP contribution in [0.2, 0.25) is 0 Å². The number of hydrogen-bond acceptors (Lipinski definition) is 5. The molecule has 140 valence electrons. The summed E-state index contributed by atoms with van der Waals surface area (Å²) < 4.78 is 26.6. The van der Waals surface area contributed by atoms with E-state index >= 15 is 0 Å². The van der Waals surface area contributed by atoms with Crippen molar-refractivity contribution < 1.29 is 18.3 Å². The first-order valence-electron chi connectivity index (χ1n) is 8.73. The number of carbonyl (C=O) groups is 1. The summed E-state index contributed by atoms with van der Waals surface area (Å²) in [7, 11) is -3.74. The first-order chi connectivity index (χ1) is 11.8. The Morgan fingerprint density at radius 1 is 1.48 bits per heavy atom. The van der Waals surface area contributed by atoms with Crippen molar-refractivity contribution in [3.63, 3.8) is 0 Å². The van der Waals surface area contributed by atoms with Gasteiger partial charge in [-0.25, -0.2) is 13.4 Å². The minimum Gasteiger partial charge on any atom is -0.390 e. The number of hydrogen-bond donors (Lipinski definition) is 2. The first-order valence-corrected chi connectivity index (χ1v) is 10.2. The molecule has 3 atom stereocenters. The van der Waals surface area contributed by atoms with Crippen LogP contribution in [-0.2, 0) is 14.8 Å². The largest absolute Gasteiger partial charge is 0.390 e. The summed E-state index contributed by atoms with van der Waals surface area (Å²) in [6.45, 7) is 4.28. The second-order valence-electron chi connectivity index (χ2n) is 6.63. The second kappa shape index (κ2) is 8.73. The van der Waals surface area contributed by atoms with Crippen LogP contribution < -0.4 is 5.32 Å². The fourth-order valence-corrected chi connectivity index (χ4v) is 4.28. The number of carbonyl (C=O) groups excluding carboxylic acids is 1. The predicted molar refractivity (Wildman–Crippen MR) is 94.2 cm³/mol. The van der Waals surface area contributed by atoms with Crippen LogP contribution >= 0.6 is 0 Å². The van der Waals surface area contributed by atoms with Crippen molar-refractivity contribution >= 4 is 15.9 Å². The maximum absolute atomic E-state index is 12.7. The van der Waals surface area contributed by atoms with Crippen molar-refractivity contribution in [2.75, 3.05) is 13.1 Å². The third-order valence-electron chi connectivity index (χ3n) is 4.60.